The van der Waals surface area contributed by atoms with Gasteiger partial charge in [0.15, 0.2) is 18.2 Å². The van der Waals surface area contributed by atoms with E-state index >= 15 is 0 Å². The summed E-state index contributed by atoms with van der Waals surface area (Å²) in [7, 11) is 1.55. The lowest BCUT2D eigenvalue weighted by molar-refractivity contribution is -0.143. The van der Waals surface area contributed by atoms with E-state index in [1.165, 1.54) is 6.07 Å². The summed E-state index contributed by atoms with van der Waals surface area (Å²) in [5, 5.41) is 10.1. The zero-order valence-electron chi connectivity index (χ0n) is 21.4. The van der Waals surface area contributed by atoms with Gasteiger partial charge in [0.1, 0.15) is 23.4 Å². The Balaban J connectivity index is 2.13. The van der Waals surface area contributed by atoms with E-state index in [2.05, 4.69) is 13.8 Å². The average molecular weight is 504 g/mol. The first-order valence-electron chi connectivity index (χ1n) is 12.7. The standard InChI is InChI=1S/C28H36F2N2O4/c1-4-6-15-31(16-7-5-2)26(33)19-32(21-10-13-24(29)25(30)18-21)17-14-23(28(34)35)27(32)20-8-11-22(36-3)12-9-20/h8-13,18,23,27H,4-7,14-17,19H2,1-3H3/p+1/t23-,27-,32+/m1/s1. The van der Waals surface area contributed by atoms with Crippen LogP contribution in [0.15, 0.2) is 42.5 Å². The van der Waals surface area contributed by atoms with Gasteiger partial charge in [-0.25, -0.2) is 8.78 Å². The molecule has 1 saturated heterocycles. The van der Waals surface area contributed by atoms with Crippen molar-refractivity contribution in [1.29, 1.82) is 0 Å². The number of carbonyl (C=O) groups excluding carboxylic acids is 1. The Hall–Kier alpha value is -3.00. The molecule has 0 bridgehead atoms. The Kier molecular flexibility index (Phi) is 9.43. The Morgan fingerprint density at radius 3 is 2.19 bits per heavy atom. The number of rotatable bonds is 12. The molecular weight excluding hydrogens is 466 g/mol. The van der Waals surface area contributed by atoms with E-state index in [0.717, 1.165) is 37.8 Å². The second-order valence-electron chi connectivity index (χ2n) is 9.55. The summed E-state index contributed by atoms with van der Waals surface area (Å²) in [6.45, 7) is 5.65. The van der Waals surface area contributed by atoms with E-state index in [0.29, 0.717) is 43.1 Å². The van der Waals surface area contributed by atoms with Gasteiger partial charge in [0.25, 0.3) is 5.91 Å². The molecule has 1 heterocycles. The molecule has 0 unspecified atom stereocenters. The highest BCUT2D eigenvalue weighted by atomic mass is 19.2. The van der Waals surface area contributed by atoms with Gasteiger partial charge in [0, 0.05) is 37.2 Å². The number of carbonyl (C=O) groups is 2. The fourth-order valence-electron chi connectivity index (χ4n) is 5.31. The summed E-state index contributed by atoms with van der Waals surface area (Å²) < 4.78 is 33.6. The lowest BCUT2D eigenvalue weighted by atomic mass is 9.92. The molecule has 2 aromatic rings. The number of quaternary nitrogens is 1. The molecule has 1 aliphatic rings. The molecule has 1 aliphatic heterocycles. The van der Waals surface area contributed by atoms with Gasteiger partial charge < -0.3 is 14.7 Å². The molecule has 0 aromatic heterocycles. The number of aliphatic carboxylic acids is 1. The topological polar surface area (TPSA) is 66.8 Å². The summed E-state index contributed by atoms with van der Waals surface area (Å²) in [6, 6.07) is 10.1. The van der Waals surface area contributed by atoms with E-state index in [4.69, 9.17) is 4.74 Å². The zero-order chi connectivity index (χ0) is 26.3. The van der Waals surface area contributed by atoms with Crippen molar-refractivity contribution < 1.29 is 28.2 Å². The van der Waals surface area contributed by atoms with Crippen LogP contribution in [-0.4, -0.2) is 55.2 Å². The maximum absolute atomic E-state index is 14.5. The normalized spacial score (nSPS) is 21.4. The highest BCUT2D eigenvalue weighted by molar-refractivity contribution is 5.82. The van der Waals surface area contributed by atoms with Crippen LogP contribution in [0.4, 0.5) is 14.5 Å². The Morgan fingerprint density at radius 2 is 1.67 bits per heavy atom. The van der Waals surface area contributed by atoms with Crippen LogP contribution in [0, 0.1) is 17.6 Å². The summed E-state index contributed by atoms with van der Waals surface area (Å²) in [6.07, 6.45) is 3.91. The molecule has 0 aliphatic carbocycles. The molecule has 8 heteroatoms. The van der Waals surface area contributed by atoms with E-state index < -0.39 is 29.6 Å². The van der Waals surface area contributed by atoms with Crippen LogP contribution in [-0.2, 0) is 9.59 Å². The van der Waals surface area contributed by atoms with Crippen molar-refractivity contribution in [2.45, 2.75) is 52.0 Å². The maximum atomic E-state index is 14.5. The van der Waals surface area contributed by atoms with Gasteiger partial charge >= 0.3 is 5.97 Å². The molecule has 1 amide bonds. The Morgan fingerprint density at radius 1 is 1.03 bits per heavy atom. The summed E-state index contributed by atoms with van der Waals surface area (Å²) >= 11 is 0. The largest absolute Gasteiger partial charge is 0.497 e. The van der Waals surface area contributed by atoms with Crippen LogP contribution in [0.1, 0.15) is 57.6 Å². The number of benzene rings is 2. The molecule has 1 fully saturated rings. The highest BCUT2D eigenvalue weighted by Crippen LogP contribution is 2.48. The Labute approximate surface area is 212 Å². The van der Waals surface area contributed by atoms with Gasteiger partial charge in [0.2, 0.25) is 0 Å². The number of nitrogens with zero attached hydrogens (tertiary/aromatic N) is 2. The van der Waals surface area contributed by atoms with E-state index in [1.54, 1.807) is 31.4 Å². The van der Waals surface area contributed by atoms with E-state index in [9.17, 15) is 23.5 Å². The third kappa shape index (κ3) is 5.86. The molecule has 36 heavy (non-hydrogen) atoms. The second-order valence-corrected chi connectivity index (χ2v) is 9.55. The van der Waals surface area contributed by atoms with Crippen molar-refractivity contribution >= 4 is 17.6 Å². The van der Waals surface area contributed by atoms with Crippen LogP contribution in [0.25, 0.3) is 0 Å². The number of unbranched alkanes of at least 4 members (excludes halogenated alkanes) is 2. The SMILES string of the molecule is CCCCN(CCCC)C(=O)C[N@+]1(c2ccc(F)c(F)c2)CC[C@@H](C(=O)O)[C@H]1c1ccc(OC)cc1. The number of hydrogen-bond donors (Lipinski definition) is 1. The molecule has 3 atom stereocenters. The maximum Gasteiger partial charge on any atom is 0.313 e. The fourth-order valence-corrected chi connectivity index (χ4v) is 5.31. The minimum Gasteiger partial charge on any atom is -0.497 e. The van der Waals surface area contributed by atoms with Crippen molar-refractivity contribution in [3.63, 3.8) is 0 Å². The monoisotopic (exact) mass is 503 g/mol. The first-order chi connectivity index (χ1) is 17.3. The molecule has 0 radical (unpaired) electrons. The van der Waals surface area contributed by atoms with Crippen molar-refractivity contribution in [1.82, 2.24) is 9.38 Å². The number of carboxylic acids is 1. The van der Waals surface area contributed by atoms with Crippen LogP contribution < -0.4 is 9.22 Å². The van der Waals surface area contributed by atoms with Gasteiger partial charge in [-0.1, -0.05) is 26.7 Å². The number of methoxy groups -OCH3 is 1. The smallest absolute Gasteiger partial charge is 0.313 e. The van der Waals surface area contributed by atoms with Gasteiger partial charge in [-0.2, -0.15) is 0 Å². The first kappa shape index (κ1) is 27.6. The zero-order valence-corrected chi connectivity index (χ0v) is 21.4. The van der Waals surface area contributed by atoms with Crippen molar-refractivity contribution in [2.24, 2.45) is 5.92 Å². The first-order valence-corrected chi connectivity index (χ1v) is 12.7. The van der Waals surface area contributed by atoms with Gasteiger partial charge in [-0.05, 0) is 43.2 Å². The van der Waals surface area contributed by atoms with Crippen LogP contribution >= 0.6 is 0 Å². The van der Waals surface area contributed by atoms with E-state index in [-0.39, 0.29) is 16.9 Å². The molecule has 3 rings (SSSR count). The molecule has 0 spiro atoms. The lowest BCUT2D eigenvalue weighted by Gasteiger charge is -2.41. The summed E-state index contributed by atoms with van der Waals surface area (Å²) in [4.78, 5) is 28.0. The molecule has 6 nitrogen and oxygen atoms in total. The van der Waals surface area contributed by atoms with Crippen molar-refractivity contribution in [3.8, 4) is 5.75 Å². The molecule has 0 saturated carbocycles. The number of halogens is 2. The third-order valence-corrected chi connectivity index (χ3v) is 7.28. The number of hydrogen-bond acceptors (Lipinski definition) is 3. The number of carboxylic acid groups (broad SMARTS) is 1. The van der Waals surface area contributed by atoms with Crippen LogP contribution in [0.3, 0.4) is 0 Å². The highest BCUT2D eigenvalue weighted by Gasteiger charge is 2.55. The lowest BCUT2D eigenvalue weighted by Crippen LogP contribution is -2.56. The number of likely N-dealkylation sites (tertiary alicyclic amines) is 1. The van der Waals surface area contributed by atoms with Gasteiger partial charge in [-0.15, -0.1) is 0 Å². The van der Waals surface area contributed by atoms with Crippen molar-refractivity contribution in [3.05, 3.63) is 59.7 Å². The quantitative estimate of drug-likeness (QED) is 0.386. The molecule has 196 valence electrons. The second kappa shape index (κ2) is 12.3. The fraction of sp³-hybridized carbons (Fsp3) is 0.500. The van der Waals surface area contributed by atoms with Gasteiger partial charge in [0.05, 0.1) is 13.7 Å². The van der Waals surface area contributed by atoms with Crippen molar-refractivity contribution in [2.75, 3.05) is 33.3 Å². The number of amides is 1. The number of ether oxygens (including phenoxy) is 1. The van der Waals surface area contributed by atoms with Gasteiger partial charge in [-0.3, -0.25) is 14.1 Å². The molecular formula is C28H37F2N2O4+. The van der Waals surface area contributed by atoms with E-state index in [1.807, 2.05) is 4.90 Å². The van der Waals surface area contributed by atoms with Crippen LogP contribution in [0.5, 0.6) is 5.75 Å². The molecule has 1 N–H and O–H groups in total. The third-order valence-electron chi connectivity index (χ3n) is 7.28. The van der Waals surface area contributed by atoms with Crippen LogP contribution in [0.2, 0.25) is 0 Å². The summed E-state index contributed by atoms with van der Waals surface area (Å²) in [5.74, 6) is -3.25. The molecule has 2 aromatic carbocycles. The minimum atomic E-state index is -1.02. The predicted molar refractivity (Wildman–Crippen MR) is 136 cm³/mol. The average Bonchev–Trinajstić information content (AvgIpc) is 3.26. The Bertz CT molecular complexity index is 1040. The predicted octanol–water partition coefficient (Wildman–Crippen LogP) is 5.56. The summed E-state index contributed by atoms with van der Waals surface area (Å²) in [5.41, 5.74) is 1.12. The minimum absolute atomic E-state index is 0.0288.